The number of urea groups is 1. The van der Waals surface area contributed by atoms with Crippen LogP contribution in [0.3, 0.4) is 0 Å². The third-order valence-electron chi connectivity index (χ3n) is 3.23. The van der Waals surface area contributed by atoms with Crippen LogP contribution in [0.2, 0.25) is 0 Å². The van der Waals surface area contributed by atoms with Gasteiger partial charge in [-0.25, -0.2) is 4.79 Å². The van der Waals surface area contributed by atoms with Crippen LogP contribution in [0.15, 0.2) is 24.3 Å². The Morgan fingerprint density at radius 1 is 1.32 bits per heavy atom. The van der Waals surface area contributed by atoms with E-state index in [1.807, 2.05) is 0 Å². The minimum atomic E-state index is -4.71. The van der Waals surface area contributed by atoms with E-state index in [9.17, 15) is 18.0 Å². The van der Waals surface area contributed by atoms with Gasteiger partial charge < -0.3 is 20.4 Å². The standard InChI is InChI=1S/C14H14F3N3O2/c15-14(16,17)22-11-3-4-12-8(6-11)5-10(19-12)7-18-13(21)20-9-1-2-9/h3-6,9,19H,1-2,7H2,(H2,18,20,21). The highest BCUT2D eigenvalue weighted by Crippen LogP contribution is 2.26. The molecular formula is C14H14F3N3O2. The number of fused-ring (bicyclic) bond motifs is 1. The molecule has 118 valence electrons. The number of carbonyl (C=O) groups is 1. The van der Waals surface area contributed by atoms with E-state index in [1.165, 1.54) is 18.2 Å². The molecule has 0 atom stereocenters. The molecule has 0 bridgehead atoms. The van der Waals surface area contributed by atoms with E-state index in [2.05, 4.69) is 20.4 Å². The van der Waals surface area contributed by atoms with Gasteiger partial charge in [-0.15, -0.1) is 13.2 Å². The second kappa shape index (κ2) is 5.43. The summed E-state index contributed by atoms with van der Waals surface area (Å²) in [6, 6.07) is 5.74. The highest BCUT2D eigenvalue weighted by Gasteiger charge is 2.31. The minimum Gasteiger partial charge on any atom is -0.406 e. The van der Waals surface area contributed by atoms with Crippen molar-refractivity contribution in [3.05, 3.63) is 30.0 Å². The third kappa shape index (κ3) is 3.84. The molecule has 2 aromatic rings. The zero-order chi connectivity index (χ0) is 15.7. The van der Waals surface area contributed by atoms with E-state index in [0.717, 1.165) is 12.8 Å². The molecule has 3 N–H and O–H groups in total. The molecule has 3 rings (SSSR count). The molecule has 1 aromatic heterocycles. The van der Waals surface area contributed by atoms with Gasteiger partial charge >= 0.3 is 12.4 Å². The van der Waals surface area contributed by atoms with Gasteiger partial charge in [-0.1, -0.05) is 0 Å². The van der Waals surface area contributed by atoms with E-state index in [-0.39, 0.29) is 24.4 Å². The van der Waals surface area contributed by atoms with Gasteiger partial charge in [-0.3, -0.25) is 0 Å². The van der Waals surface area contributed by atoms with Crippen LogP contribution in [-0.2, 0) is 6.54 Å². The van der Waals surface area contributed by atoms with Crippen molar-refractivity contribution < 1.29 is 22.7 Å². The van der Waals surface area contributed by atoms with Crippen LogP contribution < -0.4 is 15.4 Å². The van der Waals surface area contributed by atoms with Gasteiger partial charge in [-0.2, -0.15) is 0 Å². The summed E-state index contributed by atoms with van der Waals surface area (Å²) in [5, 5.41) is 6.06. The first-order chi connectivity index (χ1) is 10.4. The number of benzene rings is 1. The maximum Gasteiger partial charge on any atom is 0.573 e. The molecule has 5 nitrogen and oxygen atoms in total. The van der Waals surface area contributed by atoms with Gasteiger partial charge in [0, 0.05) is 22.6 Å². The quantitative estimate of drug-likeness (QED) is 0.812. The number of aromatic amines is 1. The number of halogens is 3. The first kappa shape index (κ1) is 14.6. The van der Waals surface area contributed by atoms with Gasteiger partial charge in [0.2, 0.25) is 0 Å². The van der Waals surface area contributed by atoms with Gasteiger partial charge in [-0.05, 0) is 37.1 Å². The molecule has 8 heteroatoms. The largest absolute Gasteiger partial charge is 0.573 e. The molecule has 1 aliphatic carbocycles. The molecule has 22 heavy (non-hydrogen) atoms. The normalized spacial score (nSPS) is 14.9. The van der Waals surface area contributed by atoms with Crippen LogP contribution in [0.4, 0.5) is 18.0 Å². The molecule has 0 spiro atoms. The van der Waals surface area contributed by atoms with Crippen molar-refractivity contribution >= 4 is 16.9 Å². The Kier molecular flexibility index (Phi) is 3.59. The maximum atomic E-state index is 12.2. The number of amides is 2. The Balaban J connectivity index is 1.65. The number of nitrogens with one attached hydrogen (secondary N) is 3. The number of H-pyrrole nitrogens is 1. The molecule has 0 saturated heterocycles. The average Bonchev–Trinajstić information content (AvgIpc) is 3.12. The SMILES string of the molecule is O=C(NCc1cc2cc(OC(F)(F)F)ccc2[nH]1)NC1CC1. The maximum absolute atomic E-state index is 12.2. The lowest BCUT2D eigenvalue weighted by Crippen LogP contribution is -2.36. The molecule has 2 amide bonds. The summed E-state index contributed by atoms with van der Waals surface area (Å²) in [6.07, 6.45) is -2.71. The predicted molar refractivity (Wildman–Crippen MR) is 73.4 cm³/mol. The van der Waals surface area contributed by atoms with E-state index in [1.54, 1.807) is 6.07 Å². The summed E-state index contributed by atoms with van der Waals surface area (Å²) in [5.41, 5.74) is 1.37. The molecular weight excluding hydrogens is 299 g/mol. The van der Waals surface area contributed by atoms with Crippen molar-refractivity contribution in [3.8, 4) is 5.75 Å². The summed E-state index contributed by atoms with van der Waals surface area (Å²) >= 11 is 0. The van der Waals surface area contributed by atoms with Crippen LogP contribution in [-0.4, -0.2) is 23.4 Å². The van der Waals surface area contributed by atoms with Gasteiger partial charge in [0.1, 0.15) is 5.75 Å². The zero-order valence-corrected chi connectivity index (χ0v) is 11.5. The van der Waals surface area contributed by atoms with E-state index in [4.69, 9.17) is 0 Å². The first-order valence-electron chi connectivity index (χ1n) is 6.81. The Labute approximate surface area is 123 Å². The Hall–Kier alpha value is -2.38. The third-order valence-corrected chi connectivity index (χ3v) is 3.23. The second-order valence-electron chi connectivity index (χ2n) is 5.19. The molecule has 0 aliphatic heterocycles. The van der Waals surface area contributed by atoms with E-state index in [0.29, 0.717) is 16.6 Å². The molecule has 1 saturated carbocycles. The second-order valence-corrected chi connectivity index (χ2v) is 5.19. The van der Waals surface area contributed by atoms with E-state index < -0.39 is 6.36 Å². The topological polar surface area (TPSA) is 66.1 Å². The molecule has 1 aromatic carbocycles. The van der Waals surface area contributed by atoms with Crippen molar-refractivity contribution in [1.29, 1.82) is 0 Å². The smallest absolute Gasteiger partial charge is 0.406 e. The summed E-state index contributed by atoms with van der Waals surface area (Å²) in [5.74, 6) is -0.273. The van der Waals surface area contributed by atoms with Crippen molar-refractivity contribution in [2.24, 2.45) is 0 Å². The van der Waals surface area contributed by atoms with Crippen LogP contribution in [0, 0.1) is 0 Å². The van der Waals surface area contributed by atoms with Crippen molar-refractivity contribution in [2.75, 3.05) is 0 Å². The molecule has 1 heterocycles. The Morgan fingerprint density at radius 3 is 2.77 bits per heavy atom. The van der Waals surface area contributed by atoms with Gasteiger partial charge in [0.25, 0.3) is 0 Å². The van der Waals surface area contributed by atoms with Crippen molar-refractivity contribution in [3.63, 3.8) is 0 Å². The van der Waals surface area contributed by atoms with Gasteiger partial charge in [0.05, 0.1) is 6.54 Å². The number of ether oxygens (including phenoxy) is 1. The van der Waals surface area contributed by atoms with Crippen LogP contribution in [0.5, 0.6) is 5.75 Å². The zero-order valence-electron chi connectivity index (χ0n) is 11.5. The summed E-state index contributed by atoms with van der Waals surface area (Å²) < 4.78 is 40.4. The molecule has 0 radical (unpaired) electrons. The molecule has 1 fully saturated rings. The lowest BCUT2D eigenvalue weighted by molar-refractivity contribution is -0.274. The molecule has 1 aliphatic rings. The number of carbonyl (C=O) groups excluding carboxylic acids is 1. The van der Waals surface area contributed by atoms with Crippen molar-refractivity contribution in [2.45, 2.75) is 31.8 Å². The molecule has 0 unspecified atom stereocenters. The fourth-order valence-electron chi connectivity index (χ4n) is 2.10. The van der Waals surface area contributed by atoms with Crippen LogP contribution >= 0.6 is 0 Å². The lowest BCUT2D eigenvalue weighted by atomic mass is 10.2. The summed E-state index contributed by atoms with van der Waals surface area (Å²) in [6.45, 7) is 0.267. The number of hydrogen-bond acceptors (Lipinski definition) is 2. The van der Waals surface area contributed by atoms with Crippen LogP contribution in [0.25, 0.3) is 10.9 Å². The fraction of sp³-hybridized carbons (Fsp3) is 0.357. The number of aromatic nitrogens is 1. The summed E-state index contributed by atoms with van der Waals surface area (Å²) in [4.78, 5) is 14.5. The van der Waals surface area contributed by atoms with Gasteiger partial charge in [0.15, 0.2) is 0 Å². The highest BCUT2D eigenvalue weighted by molar-refractivity contribution is 5.82. The van der Waals surface area contributed by atoms with E-state index >= 15 is 0 Å². The predicted octanol–water partition coefficient (Wildman–Crippen LogP) is 3.03. The fourth-order valence-corrected chi connectivity index (χ4v) is 2.10. The Bertz CT molecular complexity index is 692. The average molecular weight is 313 g/mol. The number of hydrogen-bond donors (Lipinski definition) is 3. The lowest BCUT2D eigenvalue weighted by Gasteiger charge is -2.08. The summed E-state index contributed by atoms with van der Waals surface area (Å²) in [7, 11) is 0. The Morgan fingerprint density at radius 2 is 2.09 bits per heavy atom. The number of alkyl halides is 3. The first-order valence-corrected chi connectivity index (χ1v) is 6.81. The monoisotopic (exact) mass is 313 g/mol. The number of rotatable bonds is 4. The van der Waals surface area contributed by atoms with Crippen molar-refractivity contribution in [1.82, 2.24) is 15.6 Å². The minimum absolute atomic E-state index is 0.248. The van der Waals surface area contributed by atoms with Crippen LogP contribution in [0.1, 0.15) is 18.5 Å². The highest BCUT2D eigenvalue weighted by atomic mass is 19.4.